The van der Waals surface area contributed by atoms with Crippen LogP contribution in [0, 0.1) is 0 Å². The van der Waals surface area contributed by atoms with Crippen LogP contribution in [0.15, 0.2) is 50.8 Å². The van der Waals surface area contributed by atoms with Gasteiger partial charge < -0.3 is 14.2 Å². The van der Waals surface area contributed by atoms with Crippen molar-refractivity contribution in [2.45, 2.75) is 33.1 Å². The number of esters is 1. The van der Waals surface area contributed by atoms with Gasteiger partial charge in [-0.15, -0.1) is 0 Å². The fourth-order valence-electron chi connectivity index (χ4n) is 3.05. The van der Waals surface area contributed by atoms with Crippen LogP contribution in [0.4, 0.5) is 0 Å². The molecule has 9 heteroatoms. The number of methoxy groups -OCH3 is 1. The quantitative estimate of drug-likeness (QED) is 0.344. The first-order valence-corrected chi connectivity index (χ1v) is 11.2. The van der Waals surface area contributed by atoms with E-state index in [9.17, 15) is 9.59 Å². The molecule has 1 aromatic heterocycles. The summed E-state index contributed by atoms with van der Waals surface area (Å²) < 4.78 is 17.9. The van der Waals surface area contributed by atoms with Crippen LogP contribution in [0.3, 0.4) is 0 Å². The molecule has 0 aliphatic carbocycles. The zero-order valence-corrected chi connectivity index (χ0v) is 20.8. The van der Waals surface area contributed by atoms with E-state index in [2.05, 4.69) is 25.8 Å². The molecule has 0 aliphatic rings. The molecule has 0 bridgehead atoms. The highest BCUT2D eigenvalue weighted by molar-refractivity contribution is 9.10. The lowest BCUT2D eigenvalue weighted by atomic mass is 9.95. The summed E-state index contributed by atoms with van der Waals surface area (Å²) in [6, 6.07) is 10.6. The number of benzene rings is 2. The van der Waals surface area contributed by atoms with Crippen molar-refractivity contribution in [2.75, 3.05) is 20.3 Å². The van der Waals surface area contributed by atoms with Crippen LogP contribution in [0.25, 0.3) is 10.9 Å². The summed E-state index contributed by atoms with van der Waals surface area (Å²) in [6.07, 6.45) is 1.56. The third-order valence-corrected chi connectivity index (χ3v) is 5.14. The van der Waals surface area contributed by atoms with Crippen molar-refractivity contribution < 1.29 is 19.0 Å². The Morgan fingerprint density at radius 2 is 1.91 bits per heavy atom. The van der Waals surface area contributed by atoms with Gasteiger partial charge in [0.2, 0.25) is 0 Å². The summed E-state index contributed by atoms with van der Waals surface area (Å²) in [5.74, 6) is 0.910. The second-order valence-electron chi connectivity index (χ2n) is 8.21. The van der Waals surface area contributed by atoms with Gasteiger partial charge in [-0.1, -0.05) is 36.7 Å². The second kappa shape index (κ2) is 10.2. The molecular weight excluding hydrogens is 490 g/mol. The van der Waals surface area contributed by atoms with Crippen molar-refractivity contribution in [1.82, 2.24) is 9.66 Å². The van der Waals surface area contributed by atoms with E-state index in [4.69, 9.17) is 14.5 Å². The summed E-state index contributed by atoms with van der Waals surface area (Å²) in [6.45, 7) is 7.96. The highest BCUT2D eigenvalue weighted by Crippen LogP contribution is 2.28. The van der Waals surface area contributed by atoms with Gasteiger partial charge in [0.25, 0.3) is 5.56 Å². The molecule has 0 radical (unpaired) electrons. The SMILES string of the molecule is CCOc1cc(C=Nn2c(C(C)(C)C)nc3ccc(Br)cc3c2=O)ccc1OCC(=O)OC. The Kier molecular flexibility index (Phi) is 7.53. The monoisotopic (exact) mass is 515 g/mol. The lowest BCUT2D eigenvalue weighted by Gasteiger charge is -2.20. The molecule has 33 heavy (non-hydrogen) atoms. The van der Waals surface area contributed by atoms with Gasteiger partial charge in [-0.3, -0.25) is 4.79 Å². The molecule has 174 valence electrons. The van der Waals surface area contributed by atoms with Gasteiger partial charge in [0.05, 0.1) is 30.8 Å². The predicted molar refractivity (Wildman–Crippen MR) is 131 cm³/mol. The van der Waals surface area contributed by atoms with Gasteiger partial charge in [-0.05, 0) is 48.9 Å². The number of aromatic nitrogens is 2. The summed E-state index contributed by atoms with van der Waals surface area (Å²) >= 11 is 3.41. The van der Waals surface area contributed by atoms with Crippen molar-refractivity contribution in [3.63, 3.8) is 0 Å². The van der Waals surface area contributed by atoms with E-state index >= 15 is 0 Å². The number of halogens is 1. The lowest BCUT2D eigenvalue weighted by molar-refractivity contribution is -0.142. The third-order valence-electron chi connectivity index (χ3n) is 4.64. The third kappa shape index (κ3) is 5.78. The van der Waals surface area contributed by atoms with Crippen molar-refractivity contribution in [3.8, 4) is 11.5 Å². The highest BCUT2D eigenvalue weighted by atomic mass is 79.9. The normalized spacial score (nSPS) is 11.7. The van der Waals surface area contributed by atoms with Crippen LogP contribution >= 0.6 is 15.9 Å². The Labute approximate surface area is 200 Å². The van der Waals surface area contributed by atoms with Crippen LogP contribution in [0.2, 0.25) is 0 Å². The Hall–Kier alpha value is -3.20. The Morgan fingerprint density at radius 1 is 1.15 bits per heavy atom. The van der Waals surface area contributed by atoms with E-state index in [1.165, 1.54) is 11.8 Å². The van der Waals surface area contributed by atoms with Gasteiger partial charge in [-0.2, -0.15) is 9.78 Å². The van der Waals surface area contributed by atoms with E-state index in [0.717, 1.165) is 4.47 Å². The number of fused-ring (bicyclic) bond motifs is 1. The molecule has 0 aliphatic heterocycles. The maximum Gasteiger partial charge on any atom is 0.343 e. The van der Waals surface area contributed by atoms with E-state index in [0.29, 0.717) is 40.4 Å². The fraction of sp³-hybridized carbons (Fsp3) is 0.333. The van der Waals surface area contributed by atoms with E-state index < -0.39 is 11.4 Å². The highest BCUT2D eigenvalue weighted by Gasteiger charge is 2.23. The maximum atomic E-state index is 13.3. The topological polar surface area (TPSA) is 92.0 Å². The van der Waals surface area contributed by atoms with Crippen LogP contribution in [0.5, 0.6) is 11.5 Å². The first-order valence-electron chi connectivity index (χ1n) is 10.4. The molecule has 0 unspecified atom stereocenters. The minimum atomic E-state index is -0.493. The fourth-order valence-corrected chi connectivity index (χ4v) is 3.41. The van der Waals surface area contributed by atoms with Crippen LogP contribution in [-0.2, 0) is 14.9 Å². The van der Waals surface area contributed by atoms with Gasteiger partial charge in [0.1, 0.15) is 5.82 Å². The molecule has 0 atom stereocenters. The molecule has 8 nitrogen and oxygen atoms in total. The smallest absolute Gasteiger partial charge is 0.343 e. The number of ether oxygens (including phenoxy) is 3. The van der Waals surface area contributed by atoms with Crippen LogP contribution in [-0.4, -0.2) is 42.2 Å². The van der Waals surface area contributed by atoms with Crippen molar-refractivity contribution in [3.05, 3.63) is 62.6 Å². The molecular formula is C24H26BrN3O5. The summed E-state index contributed by atoms with van der Waals surface area (Å²) in [5, 5.41) is 4.94. The number of hydrogen-bond acceptors (Lipinski definition) is 7. The minimum Gasteiger partial charge on any atom is -0.490 e. The molecule has 0 saturated heterocycles. The van der Waals surface area contributed by atoms with Gasteiger partial charge in [-0.25, -0.2) is 9.78 Å². The predicted octanol–water partition coefficient (Wildman–Crippen LogP) is 4.29. The molecule has 3 rings (SSSR count). The van der Waals surface area contributed by atoms with Crippen LogP contribution in [0.1, 0.15) is 39.1 Å². The largest absolute Gasteiger partial charge is 0.490 e. The number of carbonyl (C=O) groups is 1. The van der Waals surface area contributed by atoms with Gasteiger partial charge in [0, 0.05) is 9.89 Å². The molecule has 0 spiro atoms. The maximum absolute atomic E-state index is 13.3. The molecule has 0 fully saturated rings. The summed E-state index contributed by atoms with van der Waals surface area (Å²) in [5.41, 5.74) is 0.626. The molecule has 0 saturated carbocycles. The number of rotatable bonds is 7. The van der Waals surface area contributed by atoms with Crippen LogP contribution < -0.4 is 15.0 Å². The second-order valence-corrected chi connectivity index (χ2v) is 9.13. The Bertz CT molecular complexity index is 1260. The zero-order chi connectivity index (χ0) is 24.2. The number of carbonyl (C=O) groups excluding carboxylic acids is 1. The van der Waals surface area contributed by atoms with E-state index in [1.54, 1.807) is 30.5 Å². The minimum absolute atomic E-state index is 0.229. The number of nitrogens with zero attached hydrogens (tertiary/aromatic N) is 3. The van der Waals surface area contributed by atoms with E-state index in [-0.39, 0.29) is 12.2 Å². The summed E-state index contributed by atoms with van der Waals surface area (Å²) in [7, 11) is 1.29. The van der Waals surface area contributed by atoms with Gasteiger partial charge in [0.15, 0.2) is 18.1 Å². The van der Waals surface area contributed by atoms with Gasteiger partial charge >= 0.3 is 5.97 Å². The standard InChI is InChI=1S/C24H26BrN3O5/c1-6-32-20-11-15(7-10-19(20)33-14-21(29)31-5)13-26-28-22(30)17-12-16(25)8-9-18(17)27-23(28)24(2,3)4/h7-13H,6,14H2,1-5H3. The number of hydrogen-bond donors (Lipinski definition) is 0. The molecule has 0 N–H and O–H groups in total. The molecule has 0 amide bonds. The lowest BCUT2D eigenvalue weighted by Crippen LogP contribution is -2.29. The first kappa shape index (κ1) is 24.4. The average molecular weight is 516 g/mol. The molecule has 2 aromatic carbocycles. The van der Waals surface area contributed by atoms with Crippen molar-refractivity contribution in [1.29, 1.82) is 0 Å². The molecule has 3 aromatic rings. The first-order chi connectivity index (χ1) is 15.6. The Morgan fingerprint density at radius 3 is 2.58 bits per heavy atom. The van der Waals surface area contributed by atoms with Crippen molar-refractivity contribution in [2.24, 2.45) is 5.10 Å². The zero-order valence-electron chi connectivity index (χ0n) is 19.2. The summed E-state index contributed by atoms with van der Waals surface area (Å²) in [4.78, 5) is 29.4. The molecule has 1 heterocycles. The average Bonchev–Trinajstić information content (AvgIpc) is 2.77. The van der Waals surface area contributed by atoms with E-state index in [1.807, 2.05) is 39.8 Å². The van der Waals surface area contributed by atoms with Crippen molar-refractivity contribution >= 4 is 39.0 Å². The Balaban J connectivity index is 2.04.